The maximum absolute atomic E-state index is 13.8. The lowest BCUT2D eigenvalue weighted by atomic mass is 10.1. The van der Waals surface area contributed by atoms with Gasteiger partial charge in [0, 0.05) is 10.3 Å². The van der Waals surface area contributed by atoms with Gasteiger partial charge in [0.25, 0.3) is 5.56 Å². The number of hydrogen-bond donors (Lipinski definition) is 0. The summed E-state index contributed by atoms with van der Waals surface area (Å²) in [7, 11) is 0. The van der Waals surface area contributed by atoms with E-state index in [4.69, 9.17) is 9.72 Å². The predicted octanol–water partition coefficient (Wildman–Crippen LogP) is 6.16. The molecule has 7 heteroatoms. The lowest BCUT2D eigenvalue weighted by molar-refractivity contribution is 0.427. The van der Waals surface area contributed by atoms with Crippen LogP contribution >= 0.6 is 11.3 Å². The van der Waals surface area contributed by atoms with Crippen molar-refractivity contribution in [1.82, 2.24) is 14.5 Å². The first kappa shape index (κ1) is 20.3. The Labute approximate surface area is 187 Å². The summed E-state index contributed by atoms with van der Waals surface area (Å²) in [6.45, 7) is 7.84. The molecule has 0 N–H and O–H groups in total. The van der Waals surface area contributed by atoms with E-state index < -0.39 is 0 Å². The number of aryl methyl sites for hydroxylation is 4. The summed E-state index contributed by atoms with van der Waals surface area (Å²) >= 11 is 1.58. The average Bonchev–Trinajstić information content (AvgIpc) is 3.04. The van der Waals surface area contributed by atoms with Crippen molar-refractivity contribution in [3.05, 3.63) is 86.4 Å². The van der Waals surface area contributed by atoms with Crippen molar-refractivity contribution in [2.45, 2.75) is 27.7 Å². The van der Waals surface area contributed by atoms with Crippen molar-refractivity contribution in [3.63, 3.8) is 0 Å². The highest BCUT2D eigenvalue weighted by Crippen LogP contribution is 2.35. The predicted molar refractivity (Wildman–Crippen MR) is 126 cm³/mol. The molecule has 160 valence electrons. The van der Waals surface area contributed by atoms with Crippen molar-refractivity contribution in [2.75, 3.05) is 0 Å². The summed E-state index contributed by atoms with van der Waals surface area (Å²) < 4.78 is 21.1. The minimum absolute atomic E-state index is 0.119. The maximum atomic E-state index is 13.8. The molecule has 5 nitrogen and oxygen atoms in total. The largest absolute Gasteiger partial charge is 0.425 e. The van der Waals surface area contributed by atoms with Crippen LogP contribution < -0.4 is 10.3 Å². The number of benzene rings is 2. The molecule has 3 aromatic heterocycles. The number of thiophene rings is 1. The highest BCUT2D eigenvalue weighted by Gasteiger charge is 2.21. The van der Waals surface area contributed by atoms with E-state index in [1.54, 1.807) is 11.3 Å². The third-order valence-corrected chi connectivity index (χ3v) is 6.70. The van der Waals surface area contributed by atoms with Crippen LogP contribution in [0.25, 0.3) is 26.8 Å². The summed E-state index contributed by atoms with van der Waals surface area (Å²) in [5.41, 5.74) is 3.47. The normalized spacial score (nSPS) is 11.4. The highest BCUT2D eigenvalue weighted by molar-refractivity contribution is 7.18. The van der Waals surface area contributed by atoms with Crippen LogP contribution in [0, 0.1) is 33.5 Å². The Morgan fingerprint density at radius 1 is 0.906 bits per heavy atom. The van der Waals surface area contributed by atoms with Crippen LogP contribution in [0.5, 0.6) is 11.8 Å². The van der Waals surface area contributed by atoms with Gasteiger partial charge in [0.1, 0.15) is 16.4 Å². The zero-order valence-electron chi connectivity index (χ0n) is 18.1. The van der Waals surface area contributed by atoms with Crippen LogP contribution in [0.1, 0.15) is 21.7 Å². The van der Waals surface area contributed by atoms with Gasteiger partial charge in [-0.1, -0.05) is 17.7 Å². The fourth-order valence-corrected chi connectivity index (χ4v) is 4.86. The molecule has 0 aliphatic heterocycles. The number of aromatic nitrogens is 3. The first-order chi connectivity index (χ1) is 15.3. The Morgan fingerprint density at radius 3 is 2.28 bits per heavy atom. The van der Waals surface area contributed by atoms with Gasteiger partial charge in [-0.2, -0.15) is 4.98 Å². The van der Waals surface area contributed by atoms with Crippen LogP contribution in [-0.2, 0) is 0 Å². The van der Waals surface area contributed by atoms with Crippen LogP contribution in [0.15, 0.2) is 53.3 Å². The van der Waals surface area contributed by atoms with Gasteiger partial charge >= 0.3 is 6.01 Å². The highest BCUT2D eigenvalue weighted by atomic mass is 32.1. The van der Waals surface area contributed by atoms with E-state index in [0.717, 1.165) is 26.2 Å². The lowest BCUT2D eigenvalue weighted by Gasteiger charge is -2.15. The molecule has 0 bridgehead atoms. The Bertz CT molecular complexity index is 1550. The maximum Gasteiger partial charge on any atom is 0.310 e. The van der Waals surface area contributed by atoms with E-state index in [1.165, 1.54) is 28.8 Å². The molecule has 0 fully saturated rings. The monoisotopic (exact) mass is 445 g/mol. The van der Waals surface area contributed by atoms with Crippen LogP contribution in [0.3, 0.4) is 0 Å². The van der Waals surface area contributed by atoms with Gasteiger partial charge in [0.2, 0.25) is 0 Å². The van der Waals surface area contributed by atoms with Gasteiger partial charge in [-0.15, -0.1) is 11.3 Å². The van der Waals surface area contributed by atoms with Gasteiger partial charge in [-0.3, -0.25) is 4.79 Å². The molecule has 0 aliphatic rings. The van der Waals surface area contributed by atoms with Crippen molar-refractivity contribution in [2.24, 2.45) is 0 Å². The molecular formula is C25H20FN3O2S. The first-order valence-corrected chi connectivity index (χ1v) is 11.0. The summed E-state index contributed by atoms with van der Waals surface area (Å²) in [5, 5.41) is 1.30. The molecule has 2 aromatic carbocycles. The van der Waals surface area contributed by atoms with Gasteiger partial charge in [-0.25, -0.2) is 13.9 Å². The molecule has 0 unspecified atom stereocenters. The summed E-state index contributed by atoms with van der Waals surface area (Å²) in [5.74, 6) is 0.165. The number of nitrogens with zero attached hydrogens (tertiary/aromatic N) is 3. The molecular weight excluding hydrogens is 425 g/mol. The molecule has 0 amide bonds. The molecule has 5 rings (SSSR count). The van der Waals surface area contributed by atoms with Crippen molar-refractivity contribution in [1.29, 1.82) is 0 Å². The second-order valence-electron chi connectivity index (χ2n) is 7.81. The van der Waals surface area contributed by atoms with E-state index in [9.17, 15) is 9.18 Å². The molecule has 5 aromatic rings. The van der Waals surface area contributed by atoms with Crippen molar-refractivity contribution >= 4 is 32.5 Å². The molecule has 32 heavy (non-hydrogen) atoms. The number of fused-ring (bicyclic) bond motifs is 3. The second kappa shape index (κ2) is 7.53. The number of hydrogen-bond acceptors (Lipinski definition) is 5. The number of ether oxygens (including phenoxy) is 1. The van der Waals surface area contributed by atoms with Gasteiger partial charge < -0.3 is 4.74 Å². The van der Waals surface area contributed by atoms with Crippen LogP contribution in [0.4, 0.5) is 4.39 Å². The van der Waals surface area contributed by atoms with Crippen molar-refractivity contribution in [3.8, 4) is 17.4 Å². The van der Waals surface area contributed by atoms with Gasteiger partial charge in [0.05, 0.1) is 22.3 Å². The quantitative estimate of drug-likeness (QED) is 0.334. The molecule has 0 aliphatic carbocycles. The van der Waals surface area contributed by atoms with E-state index in [2.05, 4.69) is 4.98 Å². The number of rotatable bonds is 3. The van der Waals surface area contributed by atoms with E-state index >= 15 is 0 Å². The first-order valence-electron chi connectivity index (χ1n) is 10.2. The zero-order chi connectivity index (χ0) is 22.6. The topological polar surface area (TPSA) is 57.0 Å². The Hall–Kier alpha value is -3.58. The third-order valence-electron chi connectivity index (χ3n) is 5.60. The van der Waals surface area contributed by atoms with Crippen molar-refractivity contribution < 1.29 is 9.13 Å². The third kappa shape index (κ3) is 3.26. The Kier molecular flexibility index (Phi) is 4.78. The molecule has 3 heterocycles. The summed E-state index contributed by atoms with van der Waals surface area (Å²) in [6, 6.07) is 13.3. The molecule has 0 spiro atoms. The molecule has 0 atom stereocenters. The Balaban J connectivity index is 1.88. The summed E-state index contributed by atoms with van der Waals surface area (Å²) in [4.78, 5) is 25.3. The zero-order valence-corrected chi connectivity index (χ0v) is 18.9. The standard InChI is InChI=1S/C25H20FN3O2S/c1-13-5-11-19(12-6-13)31-25-28-22-20-14(2)16(4)32-23(20)27-15(3)21(22)24(30)29(25)18-9-7-17(26)8-10-18/h5-12H,1-4H3. The molecule has 0 radical (unpaired) electrons. The SMILES string of the molecule is Cc1ccc(Oc2nc3c(c(C)nc4sc(C)c(C)c43)c(=O)n2-c2ccc(F)cc2)cc1. The fraction of sp³-hybridized carbons (Fsp3) is 0.160. The molecule has 0 saturated carbocycles. The number of halogens is 1. The minimum atomic E-state index is -0.388. The van der Waals surface area contributed by atoms with Gasteiger partial charge in [0.15, 0.2) is 0 Å². The smallest absolute Gasteiger partial charge is 0.310 e. The van der Waals surface area contributed by atoms with Crippen LogP contribution in [0.2, 0.25) is 0 Å². The van der Waals surface area contributed by atoms with Crippen LogP contribution in [-0.4, -0.2) is 14.5 Å². The average molecular weight is 446 g/mol. The lowest BCUT2D eigenvalue weighted by Crippen LogP contribution is -2.22. The minimum Gasteiger partial charge on any atom is -0.425 e. The van der Waals surface area contributed by atoms with E-state index in [0.29, 0.717) is 28.0 Å². The Morgan fingerprint density at radius 2 is 1.59 bits per heavy atom. The van der Waals surface area contributed by atoms with E-state index in [-0.39, 0.29) is 17.4 Å². The van der Waals surface area contributed by atoms with Gasteiger partial charge in [-0.05, 0) is 69.7 Å². The summed E-state index contributed by atoms with van der Waals surface area (Å²) in [6.07, 6.45) is 0. The second-order valence-corrected chi connectivity index (χ2v) is 9.01. The number of pyridine rings is 1. The molecule has 0 saturated heterocycles. The van der Waals surface area contributed by atoms with E-state index in [1.807, 2.05) is 52.0 Å². The fourth-order valence-electron chi connectivity index (χ4n) is 3.78.